The van der Waals surface area contributed by atoms with Gasteiger partial charge in [0.15, 0.2) is 17.1 Å². The molecule has 0 aliphatic heterocycles. The molecule has 0 N–H and O–H groups in total. The minimum absolute atomic E-state index is 0.605. The van der Waals surface area contributed by atoms with Crippen molar-refractivity contribution in [1.29, 1.82) is 0 Å². The van der Waals surface area contributed by atoms with E-state index in [4.69, 9.17) is 9.47 Å². The monoisotopic (exact) mass is 283 g/mol. The summed E-state index contributed by atoms with van der Waals surface area (Å²) in [4.78, 5) is 4.38. The first kappa shape index (κ1) is 13.4. The summed E-state index contributed by atoms with van der Waals surface area (Å²) in [5, 5.41) is 4.58. The van der Waals surface area contributed by atoms with Crippen LogP contribution < -0.4 is 9.47 Å². The second kappa shape index (κ2) is 5.44. The Balaban J connectivity index is 2.04. The molecule has 0 atom stereocenters. The lowest BCUT2D eigenvalue weighted by Crippen LogP contribution is -1.97. The van der Waals surface area contributed by atoms with Gasteiger partial charge in [-0.1, -0.05) is 0 Å². The normalized spacial score (nSPS) is 10.8. The van der Waals surface area contributed by atoms with Crippen molar-refractivity contribution in [2.45, 2.75) is 13.8 Å². The highest BCUT2D eigenvalue weighted by Gasteiger charge is 2.09. The highest BCUT2D eigenvalue weighted by atomic mass is 16.5. The van der Waals surface area contributed by atoms with Gasteiger partial charge in [0.2, 0.25) is 0 Å². The van der Waals surface area contributed by atoms with Crippen LogP contribution in [-0.4, -0.2) is 28.3 Å². The van der Waals surface area contributed by atoms with Gasteiger partial charge in [-0.05, 0) is 44.2 Å². The molecule has 0 saturated heterocycles. The maximum atomic E-state index is 5.53. The molecule has 5 heteroatoms. The van der Waals surface area contributed by atoms with E-state index in [0.717, 1.165) is 28.3 Å². The van der Waals surface area contributed by atoms with E-state index in [-0.39, 0.29) is 0 Å². The number of benzene rings is 1. The van der Waals surface area contributed by atoms with E-state index in [2.05, 4.69) is 10.1 Å². The van der Waals surface area contributed by atoms with Gasteiger partial charge in [-0.25, -0.2) is 9.50 Å². The Bertz CT molecular complexity index is 780. The number of nitrogens with zero attached hydrogens (tertiary/aromatic N) is 3. The summed E-state index contributed by atoms with van der Waals surface area (Å²) in [5.41, 5.74) is 3.63. The van der Waals surface area contributed by atoms with Crippen LogP contribution in [0.1, 0.15) is 12.6 Å². The van der Waals surface area contributed by atoms with Gasteiger partial charge in [0, 0.05) is 5.56 Å². The van der Waals surface area contributed by atoms with Gasteiger partial charge in [-0.3, -0.25) is 0 Å². The second-order valence-electron chi connectivity index (χ2n) is 4.70. The predicted molar refractivity (Wildman–Crippen MR) is 80.9 cm³/mol. The number of ether oxygens (including phenoxy) is 2. The molecule has 0 aliphatic rings. The van der Waals surface area contributed by atoms with Gasteiger partial charge >= 0.3 is 0 Å². The summed E-state index contributed by atoms with van der Waals surface area (Å²) in [6.07, 6.45) is 1.91. The largest absolute Gasteiger partial charge is 0.493 e. The number of methoxy groups -OCH3 is 1. The molecular weight excluding hydrogens is 266 g/mol. The molecule has 0 aliphatic carbocycles. The van der Waals surface area contributed by atoms with Crippen LogP contribution in [0.5, 0.6) is 11.5 Å². The molecule has 0 saturated carbocycles. The first-order valence-corrected chi connectivity index (χ1v) is 6.85. The number of aromatic nitrogens is 3. The number of fused-ring (bicyclic) bond motifs is 1. The van der Waals surface area contributed by atoms with Crippen molar-refractivity contribution in [1.82, 2.24) is 14.6 Å². The number of hydrogen-bond donors (Lipinski definition) is 0. The third-order valence-corrected chi connectivity index (χ3v) is 3.20. The van der Waals surface area contributed by atoms with Gasteiger partial charge in [0.1, 0.15) is 0 Å². The average molecular weight is 283 g/mol. The maximum Gasteiger partial charge on any atom is 0.161 e. The van der Waals surface area contributed by atoms with Crippen LogP contribution in [0.25, 0.3) is 16.9 Å². The lowest BCUT2D eigenvalue weighted by Gasteiger charge is -2.10. The van der Waals surface area contributed by atoms with E-state index in [9.17, 15) is 0 Å². The summed E-state index contributed by atoms with van der Waals surface area (Å²) < 4.78 is 12.7. The molecule has 0 spiro atoms. The van der Waals surface area contributed by atoms with Crippen molar-refractivity contribution in [2.75, 3.05) is 13.7 Å². The van der Waals surface area contributed by atoms with Crippen LogP contribution >= 0.6 is 0 Å². The smallest absolute Gasteiger partial charge is 0.161 e. The summed E-state index contributed by atoms with van der Waals surface area (Å²) >= 11 is 0. The molecule has 0 radical (unpaired) electrons. The second-order valence-corrected chi connectivity index (χ2v) is 4.70. The Morgan fingerprint density at radius 1 is 1.14 bits per heavy atom. The minimum Gasteiger partial charge on any atom is -0.493 e. The molecular formula is C16H17N3O2. The molecule has 0 unspecified atom stereocenters. The van der Waals surface area contributed by atoms with E-state index in [1.807, 2.05) is 50.4 Å². The lowest BCUT2D eigenvalue weighted by molar-refractivity contribution is 0.311. The molecule has 0 fully saturated rings. The van der Waals surface area contributed by atoms with Crippen molar-refractivity contribution in [3.05, 3.63) is 42.2 Å². The quantitative estimate of drug-likeness (QED) is 0.738. The van der Waals surface area contributed by atoms with Gasteiger partial charge in [0.25, 0.3) is 0 Å². The minimum atomic E-state index is 0.605. The Morgan fingerprint density at radius 2 is 2.00 bits per heavy atom. The first-order chi connectivity index (χ1) is 10.2. The van der Waals surface area contributed by atoms with E-state index in [0.29, 0.717) is 12.4 Å². The first-order valence-electron chi connectivity index (χ1n) is 6.85. The zero-order valence-electron chi connectivity index (χ0n) is 12.3. The van der Waals surface area contributed by atoms with Crippen molar-refractivity contribution in [2.24, 2.45) is 0 Å². The Labute approximate surface area is 123 Å². The molecule has 21 heavy (non-hydrogen) atoms. The van der Waals surface area contributed by atoms with E-state index in [1.54, 1.807) is 11.6 Å². The van der Waals surface area contributed by atoms with Gasteiger partial charge in [0.05, 0.1) is 31.3 Å². The highest BCUT2D eigenvalue weighted by Crippen LogP contribution is 2.31. The van der Waals surface area contributed by atoms with Gasteiger partial charge in [-0.15, -0.1) is 0 Å². The Hall–Kier alpha value is -2.56. The molecule has 2 aromatic heterocycles. The highest BCUT2D eigenvalue weighted by molar-refractivity contribution is 5.64. The Morgan fingerprint density at radius 3 is 2.76 bits per heavy atom. The van der Waals surface area contributed by atoms with Crippen molar-refractivity contribution in [3.63, 3.8) is 0 Å². The molecule has 0 bridgehead atoms. The van der Waals surface area contributed by atoms with Crippen molar-refractivity contribution in [3.8, 4) is 22.8 Å². The van der Waals surface area contributed by atoms with Crippen LogP contribution in [-0.2, 0) is 0 Å². The zero-order valence-corrected chi connectivity index (χ0v) is 12.3. The van der Waals surface area contributed by atoms with Crippen LogP contribution in [0.4, 0.5) is 0 Å². The van der Waals surface area contributed by atoms with Crippen LogP contribution in [0, 0.1) is 6.92 Å². The molecule has 0 amide bonds. The molecule has 5 nitrogen and oxygen atoms in total. The predicted octanol–water partition coefficient (Wildman–Crippen LogP) is 3.11. The third-order valence-electron chi connectivity index (χ3n) is 3.20. The molecule has 3 aromatic rings. The van der Waals surface area contributed by atoms with Crippen LogP contribution in [0.15, 0.2) is 36.5 Å². The van der Waals surface area contributed by atoms with E-state index < -0.39 is 0 Å². The fourth-order valence-electron chi connectivity index (χ4n) is 2.26. The van der Waals surface area contributed by atoms with E-state index in [1.165, 1.54) is 0 Å². The summed E-state index contributed by atoms with van der Waals surface area (Å²) in [6, 6.07) is 9.73. The number of imidazole rings is 1. The standard InChI is InChI=1S/C16H17N3O2/c1-4-21-14-7-5-12(9-15(14)20-3)13-6-8-16-17-11(2)10-19(16)18-13/h5-10H,4H2,1-3H3. The molecule has 1 aromatic carbocycles. The number of hydrogen-bond acceptors (Lipinski definition) is 4. The zero-order chi connectivity index (χ0) is 14.8. The van der Waals surface area contributed by atoms with Gasteiger partial charge in [-0.2, -0.15) is 5.10 Å². The van der Waals surface area contributed by atoms with Crippen molar-refractivity contribution >= 4 is 5.65 Å². The van der Waals surface area contributed by atoms with Crippen LogP contribution in [0.2, 0.25) is 0 Å². The molecule has 2 heterocycles. The summed E-state index contributed by atoms with van der Waals surface area (Å²) in [6.45, 7) is 4.51. The Kier molecular flexibility index (Phi) is 3.48. The SMILES string of the molecule is CCOc1ccc(-c2ccc3nc(C)cn3n2)cc1OC. The van der Waals surface area contributed by atoms with Gasteiger partial charge < -0.3 is 9.47 Å². The molecule has 108 valence electrons. The van der Waals surface area contributed by atoms with E-state index >= 15 is 0 Å². The topological polar surface area (TPSA) is 48.7 Å². The lowest BCUT2D eigenvalue weighted by atomic mass is 10.1. The van der Waals surface area contributed by atoms with Crippen LogP contribution in [0.3, 0.4) is 0 Å². The fraction of sp³-hybridized carbons (Fsp3) is 0.250. The average Bonchev–Trinajstić information content (AvgIpc) is 2.87. The summed E-state index contributed by atoms with van der Waals surface area (Å²) in [5.74, 6) is 1.45. The molecule has 3 rings (SSSR count). The third kappa shape index (κ3) is 2.54. The maximum absolute atomic E-state index is 5.53. The number of rotatable bonds is 4. The van der Waals surface area contributed by atoms with Crippen molar-refractivity contribution < 1.29 is 9.47 Å². The summed E-state index contributed by atoms with van der Waals surface area (Å²) in [7, 11) is 1.64. The number of aryl methyl sites for hydroxylation is 1. The fourth-order valence-corrected chi connectivity index (χ4v) is 2.26.